The molecule has 8 atom stereocenters. The normalized spacial score (nSPS) is 24.5. The second kappa shape index (κ2) is 17.7. The van der Waals surface area contributed by atoms with E-state index in [-0.39, 0.29) is 17.5 Å². The lowest BCUT2D eigenvalue weighted by atomic mass is 9.99. The van der Waals surface area contributed by atoms with Gasteiger partial charge in [-0.05, 0) is 16.8 Å². The van der Waals surface area contributed by atoms with Gasteiger partial charge in [-0.15, -0.1) is 0 Å². The fourth-order valence-corrected chi connectivity index (χ4v) is 7.56. The van der Waals surface area contributed by atoms with E-state index >= 15 is 0 Å². The molecule has 0 N–H and O–H groups in total. The molecule has 3 heterocycles. The van der Waals surface area contributed by atoms with Crippen LogP contribution in [-0.2, 0) is 66.7 Å². The number of carbonyl (C=O) groups excluding carboxylic acids is 6. The summed E-state index contributed by atoms with van der Waals surface area (Å²) in [6, 6.07) is 14.3. The molecule has 19 heteroatoms. The van der Waals surface area contributed by atoms with E-state index in [1.54, 1.807) is 30.3 Å². The maximum absolute atomic E-state index is 13.8. The molecule has 0 radical (unpaired) electrons. The van der Waals surface area contributed by atoms with Gasteiger partial charge in [-0.25, -0.2) is 0 Å². The fraction of sp³-hybridized carbons (Fsp3) is 0.432. The largest absolute Gasteiger partial charge is 0.456 e. The summed E-state index contributed by atoms with van der Waals surface area (Å²) in [5.74, 6) is -4.85. The van der Waals surface area contributed by atoms with Crippen LogP contribution in [0.1, 0.15) is 53.3 Å². The Balaban J connectivity index is 1.78. The van der Waals surface area contributed by atoms with Gasteiger partial charge in [0, 0.05) is 47.1 Å². The molecule has 0 bridgehead atoms. The van der Waals surface area contributed by atoms with E-state index in [1.165, 1.54) is 4.57 Å². The Hall–Kier alpha value is -5.84. The predicted molar refractivity (Wildman–Crippen MR) is 190 cm³/mol. The minimum Gasteiger partial charge on any atom is -0.456 e. The average Bonchev–Trinajstić information content (AvgIpc) is 3.10. The highest BCUT2D eigenvalue weighted by Crippen LogP contribution is 2.41. The van der Waals surface area contributed by atoms with Crippen LogP contribution in [0.4, 0.5) is 0 Å². The first-order valence-electron chi connectivity index (χ1n) is 17.1. The van der Waals surface area contributed by atoms with E-state index in [2.05, 4.69) is 4.98 Å². The van der Waals surface area contributed by atoms with Crippen molar-refractivity contribution in [3.63, 3.8) is 0 Å². The van der Waals surface area contributed by atoms with Gasteiger partial charge in [0.15, 0.2) is 53.4 Å². The van der Waals surface area contributed by atoms with Crippen molar-refractivity contribution in [2.24, 2.45) is 0 Å². The molecule has 18 nitrogen and oxygen atoms in total. The van der Waals surface area contributed by atoms with Gasteiger partial charge >= 0.3 is 35.8 Å². The first-order chi connectivity index (χ1) is 26.6. The Morgan fingerprint density at radius 2 is 1.20 bits per heavy atom. The first kappa shape index (κ1) is 41.3. The molecule has 5 rings (SSSR count). The van der Waals surface area contributed by atoms with Crippen molar-refractivity contribution < 1.29 is 66.7 Å². The molecule has 0 spiro atoms. The summed E-state index contributed by atoms with van der Waals surface area (Å²) in [4.78, 5) is 92.0. The zero-order valence-corrected chi connectivity index (χ0v) is 31.8. The monoisotopic (exact) mass is 795 g/mol. The summed E-state index contributed by atoms with van der Waals surface area (Å²) in [7, 11) is 0. The Bertz CT molecular complexity index is 2150. The summed E-state index contributed by atoms with van der Waals surface area (Å²) in [6.45, 7) is 5.78. The summed E-state index contributed by atoms with van der Waals surface area (Å²) >= 11 is 0.678. The average molecular weight is 796 g/mol. The number of hydrogen-bond donors (Lipinski definition) is 0. The third-order valence-electron chi connectivity index (χ3n) is 8.33. The summed E-state index contributed by atoms with van der Waals surface area (Å²) in [6.07, 6.45) is -10.0. The number of esters is 6. The lowest BCUT2D eigenvalue weighted by Gasteiger charge is -2.43. The third kappa shape index (κ3) is 9.50. The van der Waals surface area contributed by atoms with E-state index in [9.17, 15) is 38.8 Å². The highest BCUT2D eigenvalue weighted by molar-refractivity contribution is 7.99. The number of thioether (sulfide) groups is 1. The van der Waals surface area contributed by atoms with Crippen LogP contribution < -0.4 is 5.56 Å². The Morgan fingerprint density at radius 1 is 0.696 bits per heavy atom. The molecule has 1 aromatic heterocycles. The standard InChI is InChI=1S/C37H37N3O15S/c1-17(41)50-27-15-48-35(32(54-21(5)45)30(27)52-19(3)43)40-29(25-12-11-23-9-7-8-10-24(23)13-25)26(14-38)34(47)39-37(40)56-36-33(55-22(6)46)31(53-20(4)44)28(16-49-36)51-18(2)42/h7-13,27-28,30-33,35-36H,15-16H2,1-6H3/t27-,28-,30+,31+,32-,33-,35-,36+/m1/s1. The quantitative estimate of drug-likeness (QED) is 0.163. The smallest absolute Gasteiger partial charge is 0.303 e. The van der Waals surface area contributed by atoms with Crippen LogP contribution in [0.2, 0.25) is 0 Å². The number of rotatable bonds is 10. The predicted octanol–water partition coefficient (Wildman–Crippen LogP) is 2.50. The van der Waals surface area contributed by atoms with Crippen molar-refractivity contribution >= 4 is 58.4 Å². The Kier molecular flexibility index (Phi) is 13.1. The van der Waals surface area contributed by atoms with Crippen molar-refractivity contribution in [2.45, 2.75) is 95.0 Å². The van der Waals surface area contributed by atoms with Gasteiger partial charge in [-0.2, -0.15) is 10.2 Å². The zero-order chi connectivity index (χ0) is 40.8. The molecule has 0 aliphatic carbocycles. The van der Waals surface area contributed by atoms with E-state index in [0.29, 0.717) is 22.7 Å². The molecule has 56 heavy (non-hydrogen) atoms. The van der Waals surface area contributed by atoms with E-state index in [0.717, 1.165) is 46.9 Å². The molecule has 2 saturated heterocycles. The topological polar surface area (TPSA) is 235 Å². The van der Waals surface area contributed by atoms with Crippen LogP contribution in [0.5, 0.6) is 0 Å². The molecule has 0 unspecified atom stereocenters. The number of nitriles is 1. The molecular formula is C37H37N3O15S. The fourth-order valence-electron chi connectivity index (χ4n) is 6.41. The number of carbonyl (C=O) groups is 6. The first-order valence-corrected chi connectivity index (χ1v) is 17.9. The Morgan fingerprint density at radius 3 is 1.75 bits per heavy atom. The maximum atomic E-state index is 13.8. The van der Waals surface area contributed by atoms with Gasteiger partial charge in [-0.3, -0.25) is 38.1 Å². The van der Waals surface area contributed by atoms with Gasteiger partial charge in [0.05, 0.1) is 18.9 Å². The van der Waals surface area contributed by atoms with E-state index in [1.807, 2.05) is 18.2 Å². The molecule has 2 aromatic carbocycles. The van der Waals surface area contributed by atoms with Crippen LogP contribution in [0.25, 0.3) is 22.0 Å². The van der Waals surface area contributed by atoms with Gasteiger partial charge in [-0.1, -0.05) is 48.2 Å². The van der Waals surface area contributed by atoms with Crippen LogP contribution in [0.15, 0.2) is 52.4 Å². The van der Waals surface area contributed by atoms with Crippen molar-refractivity contribution in [1.29, 1.82) is 5.26 Å². The molecule has 0 saturated carbocycles. The van der Waals surface area contributed by atoms with Crippen LogP contribution in [0, 0.1) is 11.3 Å². The SMILES string of the molecule is CC(=O)O[C@@H]1[C@@H](OC(C)=O)[C@H](OC(C)=O)CO[C@H]1n1c(S[C@@H]2OC[C@@H](OC(C)=O)[C@H](OC(C)=O)[C@H]2OC(C)=O)nc(=O)c(C#N)c1-c1ccc2ccccc2c1. The maximum Gasteiger partial charge on any atom is 0.303 e. The Labute approximate surface area is 323 Å². The summed E-state index contributed by atoms with van der Waals surface area (Å²) in [5, 5.41) is 11.7. The molecular weight excluding hydrogens is 758 g/mol. The van der Waals surface area contributed by atoms with E-state index in [4.69, 9.17) is 37.9 Å². The van der Waals surface area contributed by atoms with Crippen LogP contribution in [0.3, 0.4) is 0 Å². The summed E-state index contributed by atoms with van der Waals surface area (Å²) in [5.41, 5.74) is -2.59. The minimum absolute atomic E-state index is 0.0791. The second-order valence-corrected chi connectivity index (χ2v) is 13.7. The van der Waals surface area contributed by atoms with Crippen molar-refractivity contribution in [3.8, 4) is 17.3 Å². The zero-order valence-electron chi connectivity index (χ0n) is 30.9. The van der Waals surface area contributed by atoms with Gasteiger partial charge in [0.1, 0.15) is 11.6 Å². The van der Waals surface area contributed by atoms with Gasteiger partial charge in [0.2, 0.25) is 0 Å². The van der Waals surface area contributed by atoms with Gasteiger partial charge in [0.25, 0.3) is 5.56 Å². The lowest BCUT2D eigenvalue weighted by molar-refractivity contribution is -0.240. The lowest BCUT2D eigenvalue weighted by Crippen LogP contribution is -2.57. The molecule has 2 fully saturated rings. The molecule has 0 amide bonds. The molecule has 296 valence electrons. The summed E-state index contributed by atoms with van der Waals surface area (Å²) < 4.78 is 46.7. The van der Waals surface area contributed by atoms with Crippen molar-refractivity contribution in [1.82, 2.24) is 9.55 Å². The minimum atomic E-state index is -1.61. The highest BCUT2D eigenvalue weighted by Gasteiger charge is 2.51. The number of aromatic nitrogens is 2. The number of nitrogens with zero attached hydrogens (tertiary/aromatic N) is 3. The van der Waals surface area contributed by atoms with Crippen molar-refractivity contribution in [2.75, 3.05) is 13.2 Å². The van der Waals surface area contributed by atoms with Crippen LogP contribution >= 0.6 is 11.8 Å². The second-order valence-electron chi connectivity index (χ2n) is 12.6. The van der Waals surface area contributed by atoms with E-state index < -0.39 is 102 Å². The highest BCUT2D eigenvalue weighted by atomic mass is 32.2. The molecule has 3 aromatic rings. The number of ether oxygens (including phenoxy) is 8. The molecule has 2 aliphatic rings. The number of hydrogen-bond acceptors (Lipinski definition) is 18. The van der Waals surface area contributed by atoms with Crippen LogP contribution in [-0.4, -0.2) is 101 Å². The number of fused-ring (bicyclic) bond motifs is 1. The molecule has 2 aliphatic heterocycles. The number of benzene rings is 2. The third-order valence-corrected chi connectivity index (χ3v) is 9.47. The van der Waals surface area contributed by atoms with Gasteiger partial charge < -0.3 is 37.9 Å². The van der Waals surface area contributed by atoms with Crippen molar-refractivity contribution in [3.05, 3.63) is 58.4 Å².